The van der Waals surface area contributed by atoms with Gasteiger partial charge >= 0.3 is 0 Å². The van der Waals surface area contributed by atoms with Crippen LogP contribution in [0.1, 0.15) is 71.6 Å². The maximum Gasteiger partial charge on any atom is 0.0218 e. The Morgan fingerprint density at radius 2 is 1.72 bits per heavy atom. The Morgan fingerprint density at radius 1 is 1.06 bits per heavy atom. The van der Waals surface area contributed by atoms with Crippen LogP contribution in [-0.2, 0) is 0 Å². The van der Waals surface area contributed by atoms with Crippen LogP contribution in [0, 0.1) is 5.92 Å². The van der Waals surface area contributed by atoms with Gasteiger partial charge in [0.1, 0.15) is 0 Å². The lowest BCUT2D eigenvalue weighted by Gasteiger charge is -2.37. The molecule has 0 amide bonds. The highest BCUT2D eigenvalue weighted by Gasteiger charge is 2.22. The van der Waals surface area contributed by atoms with Crippen LogP contribution in [0.25, 0.3) is 0 Å². The van der Waals surface area contributed by atoms with Crippen molar-refractivity contribution in [1.82, 2.24) is 4.90 Å². The molecule has 1 heterocycles. The average Bonchev–Trinajstić information content (AvgIpc) is 2.43. The number of nitrogens with two attached hydrogens (primary N) is 1. The molecule has 1 aliphatic rings. The minimum absolute atomic E-state index is 0.657. The first-order valence-corrected chi connectivity index (χ1v) is 8.25. The number of rotatable bonds is 9. The molecule has 1 unspecified atom stereocenters. The Kier molecular flexibility index (Phi) is 8.70. The molecule has 18 heavy (non-hydrogen) atoms. The van der Waals surface area contributed by atoms with Crippen molar-refractivity contribution >= 4 is 0 Å². The van der Waals surface area contributed by atoms with E-state index in [4.69, 9.17) is 5.73 Å². The van der Waals surface area contributed by atoms with Crippen molar-refractivity contribution in [3.8, 4) is 0 Å². The minimum Gasteiger partial charge on any atom is -0.329 e. The monoisotopic (exact) mass is 254 g/mol. The molecule has 0 aromatic carbocycles. The summed E-state index contributed by atoms with van der Waals surface area (Å²) >= 11 is 0. The molecule has 1 fully saturated rings. The summed E-state index contributed by atoms with van der Waals surface area (Å²) in [6.07, 6.45) is 12.4. The van der Waals surface area contributed by atoms with Crippen LogP contribution in [0.3, 0.4) is 0 Å². The third-order valence-electron chi connectivity index (χ3n) is 4.66. The zero-order chi connectivity index (χ0) is 13.2. The third kappa shape index (κ3) is 5.71. The van der Waals surface area contributed by atoms with Crippen molar-refractivity contribution in [2.75, 3.05) is 19.6 Å². The van der Waals surface area contributed by atoms with Gasteiger partial charge in [0.25, 0.3) is 0 Å². The summed E-state index contributed by atoms with van der Waals surface area (Å²) in [5.41, 5.74) is 5.97. The first-order valence-electron chi connectivity index (χ1n) is 8.25. The van der Waals surface area contributed by atoms with Crippen LogP contribution < -0.4 is 5.73 Å². The highest BCUT2D eigenvalue weighted by molar-refractivity contribution is 4.78. The van der Waals surface area contributed by atoms with Crippen molar-refractivity contribution in [1.29, 1.82) is 0 Å². The van der Waals surface area contributed by atoms with Gasteiger partial charge in [-0.2, -0.15) is 0 Å². The van der Waals surface area contributed by atoms with Gasteiger partial charge in [0.15, 0.2) is 0 Å². The van der Waals surface area contributed by atoms with Gasteiger partial charge in [-0.05, 0) is 38.3 Å². The molecule has 0 saturated carbocycles. The van der Waals surface area contributed by atoms with Gasteiger partial charge in [-0.3, -0.25) is 4.90 Å². The second-order valence-corrected chi connectivity index (χ2v) is 5.98. The molecular formula is C16H34N2. The quantitative estimate of drug-likeness (QED) is 0.634. The van der Waals surface area contributed by atoms with Crippen molar-refractivity contribution in [3.63, 3.8) is 0 Å². The molecule has 1 atom stereocenters. The molecule has 0 bridgehead atoms. The summed E-state index contributed by atoms with van der Waals surface area (Å²) in [6.45, 7) is 8.03. The second-order valence-electron chi connectivity index (χ2n) is 5.98. The topological polar surface area (TPSA) is 29.3 Å². The summed E-state index contributed by atoms with van der Waals surface area (Å²) in [5.74, 6) is 0.976. The molecule has 2 heteroatoms. The molecule has 0 aromatic heterocycles. The number of hydrogen-bond donors (Lipinski definition) is 1. The van der Waals surface area contributed by atoms with Crippen LogP contribution in [-0.4, -0.2) is 30.6 Å². The fourth-order valence-electron chi connectivity index (χ4n) is 3.16. The van der Waals surface area contributed by atoms with Crippen LogP contribution in [0.15, 0.2) is 0 Å². The van der Waals surface area contributed by atoms with E-state index in [0.717, 1.165) is 12.5 Å². The van der Waals surface area contributed by atoms with E-state index in [2.05, 4.69) is 18.7 Å². The predicted molar refractivity (Wildman–Crippen MR) is 80.8 cm³/mol. The number of nitrogens with zero attached hydrogens (tertiary/aromatic N) is 1. The van der Waals surface area contributed by atoms with E-state index in [9.17, 15) is 0 Å². The predicted octanol–water partition coefficient (Wildman–Crippen LogP) is 3.80. The molecule has 0 radical (unpaired) electrons. The minimum atomic E-state index is 0.657. The molecule has 0 spiro atoms. The third-order valence-corrected chi connectivity index (χ3v) is 4.66. The largest absolute Gasteiger partial charge is 0.329 e. The normalized spacial score (nSPS) is 20.2. The van der Waals surface area contributed by atoms with E-state index in [0.29, 0.717) is 6.04 Å². The van der Waals surface area contributed by atoms with Gasteiger partial charge in [0.05, 0.1) is 0 Å². The lowest BCUT2D eigenvalue weighted by molar-refractivity contribution is 0.126. The van der Waals surface area contributed by atoms with E-state index in [1.54, 1.807) is 0 Å². The van der Waals surface area contributed by atoms with Gasteiger partial charge in [-0.15, -0.1) is 0 Å². The second kappa shape index (κ2) is 9.80. The summed E-state index contributed by atoms with van der Waals surface area (Å²) < 4.78 is 0. The SMILES string of the molecule is CCCCCCCC(CN)N1CCC(CC)CC1. The smallest absolute Gasteiger partial charge is 0.0218 e. The summed E-state index contributed by atoms with van der Waals surface area (Å²) in [6, 6.07) is 0.657. The Labute approximate surface area is 114 Å². The first kappa shape index (κ1) is 16.0. The number of piperidine rings is 1. The zero-order valence-corrected chi connectivity index (χ0v) is 12.7. The molecule has 108 valence electrons. The van der Waals surface area contributed by atoms with Gasteiger partial charge in [0.2, 0.25) is 0 Å². The molecule has 1 rings (SSSR count). The highest BCUT2D eigenvalue weighted by atomic mass is 15.2. The lowest BCUT2D eigenvalue weighted by atomic mass is 9.92. The average molecular weight is 254 g/mol. The first-order chi connectivity index (χ1) is 8.81. The molecule has 0 aliphatic carbocycles. The molecule has 1 aliphatic heterocycles. The van der Waals surface area contributed by atoms with Crippen molar-refractivity contribution in [2.24, 2.45) is 11.7 Å². The molecule has 0 aromatic rings. The lowest BCUT2D eigenvalue weighted by Crippen LogP contribution is -2.45. The van der Waals surface area contributed by atoms with E-state index in [1.807, 2.05) is 0 Å². The van der Waals surface area contributed by atoms with Crippen molar-refractivity contribution in [3.05, 3.63) is 0 Å². The van der Waals surface area contributed by atoms with Gasteiger partial charge < -0.3 is 5.73 Å². The van der Waals surface area contributed by atoms with Crippen LogP contribution in [0.5, 0.6) is 0 Å². The zero-order valence-electron chi connectivity index (χ0n) is 12.7. The molecule has 2 N–H and O–H groups in total. The van der Waals surface area contributed by atoms with Crippen LogP contribution in [0.2, 0.25) is 0 Å². The standard InChI is InChI=1S/C16H34N2/c1-3-5-6-7-8-9-16(14-17)18-12-10-15(4-2)11-13-18/h15-16H,3-14,17H2,1-2H3. The van der Waals surface area contributed by atoms with Gasteiger partial charge in [-0.25, -0.2) is 0 Å². The Hall–Kier alpha value is -0.0800. The number of hydrogen-bond acceptors (Lipinski definition) is 2. The van der Waals surface area contributed by atoms with Crippen molar-refractivity contribution in [2.45, 2.75) is 77.7 Å². The maximum absolute atomic E-state index is 5.97. The summed E-state index contributed by atoms with van der Waals surface area (Å²) in [4.78, 5) is 2.66. The fraction of sp³-hybridized carbons (Fsp3) is 1.00. The highest BCUT2D eigenvalue weighted by Crippen LogP contribution is 2.22. The van der Waals surface area contributed by atoms with E-state index in [1.165, 1.54) is 70.9 Å². The van der Waals surface area contributed by atoms with E-state index in [-0.39, 0.29) is 0 Å². The fourth-order valence-corrected chi connectivity index (χ4v) is 3.16. The molecular weight excluding hydrogens is 220 g/mol. The Morgan fingerprint density at radius 3 is 2.28 bits per heavy atom. The summed E-state index contributed by atoms with van der Waals surface area (Å²) in [7, 11) is 0. The summed E-state index contributed by atoms with van der Waals surface area (Å²) in [5, 5.41) is 0. The van der Waals surface area contributed by atoms with E-state index >= 15 is 0 Å². The van der Waals surface area contributed by atoms with Crippen LogP contribution >= 0.6 is 0 Å². The van der Waals surface area contributed by atoms with E-state index < -0.39 is 0 Å². The van der Waals surface area contributed by atoms with Gasteiger partial charge in [-0.1, -0.05) is 52.4 Å². The number of unbranched alkanes of at least 4 members (excludes halogenated alkanes) is 4. The van der Waals surface area contributed by atoms with Gasteiger partial charge in [0, 0.05) is 12.6 Å². The van der Waals surface area contributed by atoms with Crippen LogP contribution in [0.4, 0.5) is 0 Å². The molecule has 2 nitrogen and oxygen atoms in total. The number of likely N-dealkylation sites (tertiary alicyclic amines) is 1. The Bertz CT molecular complexity index is 186. The maximum atomic E-state index is 5.97. The van der Waals surface area contributed by atoms with Crippen molar-refractivity contribution < 1.29 is 0 Å². The Balaban J connectivity index is 2.16. The molecule has 1 saturated heterocycles.